The van der Waals surface area contributed by atoms with Gasteiger partial charge in [0.05, 0.1) is 30.1 Å². The van der Waals surface area contributed by atoms with E-state index in [2.05, 4.69) is 25.2 Å². The number of H-pyrrole nitrogens is 1. The Bertz CT molecular complexity index is 1100. The maximum absolute atomic E-state index is 14.9. The van der Waals surface area contributed by atoms with Gasteiger partial charge in [-0.1, -0.05) is 0 Å². The van der Waals surface area contributed by atoms with E-state index >= 15 is 0 Å². The third kappa shape index (κ3) is 4.79. The Labute approximate surface area is 193 Å². The number of hydrogen-bond donors (Lipinski definition) is 3. The van der Waals surface area contributed by atoms with E-state index in [1.165, 1.54) is 11.8 Å². The summed E-state index contributed by atoms with van der Waals surface area (Å²) in [6.07, 6.45) is 3.55. The molecule has 3 aromatic rings. The van der Waals surface area contributed by atoms with Gasteiger partial charge in [-0.2, -0.15) is 5.10 Å². The third-order valence-corrected chi connectivity index (χ3v) is 6.92. The summed E-state index contributed by atoms with van der Waals surface area (Å²) in [5.74, 6) is 2.16. The van der Waals surface area contributed by atoms with Crippen molar-refractivity contribution in [2.75, 3.05) is 34.3 Å². The SMILES string of the molecule is Cc1cc(Nc2cc(N3CC(F)(C4CC4)C3)nc(Sc3ccc(N[S+](C)[O-])cc3)n2)n[nH]1. The lowest BCUT2D eigenvalue weighted by Gasteiger charge is -2.45. The molecule has 11 heteroatoms. The van der Waals surface area contributed by atoms with Crippen LogP contribution in [0.4, 0.5) is 27.5 Å². The maximum atomic E-state index is 14.9. The van der Waals surface area contributed by atoms with Gasteiger partial charge in [0, 0.05) is 22.7 Å². The molecule has 1 saturated heterocycles. The second-order valence-corrected chi connectivity index (χ2v) is 10.5. The lowest BCUT2D eigenvalue weighted by atomic mass is 9.91. The minimum Gasteiger partial charge on any atom is -0.593 e. The van der Waals surface area contributed by atoms with Crippen LogP contribution in [-0.4, -0.2) is 49.7 Å². The molecule has 5 rings (SSSR count). The number of nitrogens with one attached hydrogen (secondary N) is 3. The van der Waals surface area contributed by atoms with Crippen LogP contribution in [0.5, 0.6) is 0 Å². The van der Waals surface area contributed by atoms with Gasteiger partial charge in [-0.3, -0.25) is 5.10 Å². The van der Waals surface area contributed by atoms with Crippen molar-refractivity contribution >= 4 is 46.3 Å². The summed E-state index contributed by atoms with van der Waals surface area (Å²) in [6, 6.07) is 11.3. The summed E-state index contributed by atoms with van der Waals surface area (Å²) in [5.41, 5.74) is 0.626. The molecule has 1 aliphatic carbocycles. The molecule has 1 aliphatic heterocycles. The summed E-state index contributed by atoms with van der Waals surface area (Å²) in [4.78, 5) is 12.2. The second kappa shape index (κ2) is 8.45. The van der Waals surface area contributed by atoms with Gasteiger partial charge in [-0.25, -0.2) is 19.1 Å². The summed E-state index contributed by atoms with van der Waals surface area (Å²) >= 11 is 0.290. The van der Waals surface area contributed by atoms with E-state index in [0.717, 1.165) is 29.1 Å². The van der Waals surface area contributed by atoms with Gasteiger partial charge in [0.2, 0.25) is 0 Å². The lowest BCUT2D eigenvalue weighted by molar-refractivity contribution is 0.0924. The van der Waals surface area contributed by atoms with Crippen LogP contribution in [-0.2, 0) is 11.4 Å². The van der Waals surface area contributed by atoms with Crippen LogP contribution >= 0.6 is 11.8 Å². The maximum Gasteiger partial charge on any atom is 0.196 e. The number of halogens is 1. The van der Waals surface area contributed by atoms with E-state index in [4.69, 9.17) is 4.98 Å². The van der Waals surface area contributed by atoms with Crippen molar-refractivity contribution in [2.45, 2.75) is 35.5 Å². The standard InChI is InChI=1S/C21H24FN7OS2/c1-13-9-18(27-26-13)23-17-10-19(29-11-21(22,12-29)14-3-4-14)25-20(24-17)31-16-7-5-15(6-8-16)28-32(2)30/h5-10,14,28H,3-4,11-12H2,1-2H3,(H2,23,24,25,26,27). The molecule has 0 radical (unpaired) electrons. The smallest absolute Gasteiger partial charge is 0.196 e. The van der Waals surface area contributed by atoms with Gasteiger partial charge in [-0.15, -0.1) is 0 Å². The minimum absolute atomic E-state index is 0.198. The Kier molecular flexibility index (Phi) is 5.64. The van der Waals surface area contributed by atoms with Crippen LogP contribution < -0.4 is 14.9 Å². The monoisotopic (exact) mass is 473 g/mol. The van der Waals surface area contributed by atoms with Crippen LogP contribution in [0.1, 0.15) is 18.5 Å². The molecule has 2 aromatic heterocycles. The molecule has 2 fully saturated rings. The number of aromatic nitrogens is 4. The first-order chi connectivity index (χ1) is 15.4. The van der Waals surface area contributed by atoms with Gasteiger partial charge in [-0.05, 0) is 61.7 Å². The summed E-state index contributed by atoms with van der Waals surface area (Å²) in [7, 11) is 0. The molecule has 1 aromatic carbocycles. The molecule has 1 atom stereocenters. The Balaban J connectivity index is 1.37. The van der Waals surface area contributed by atoms with Gasteiger partial charge in [0.25, 0.3) is 0 Å². The fourth-order valence-electron chi connectivity index (χ4n) is 3.77. The van der Waals surface area contributed by atoms with Gasteiger partial charge in [0.1, 0.15) is 23.6 Å². The fraction of sp³-hybridized carbons (Fsp3) is 0.381. The van der Waals surface area contributed by atoms with Crippen molar-refractivity contribution in [2.24, 2.45) is 5.92 Å². The first-order valence-corrected chi connectivity index (χ1v) is 12.7. The van der Waals surface area contributed by atoms with E-state index < -0.39 is 17.0 Å². The van der Waals surface area contributed by atoms with Crippen LogP contribution in [0.25, 0.3) is 0 Å². The predicted molar refractivity (Wildman–Crippen MR) is 126 cm³/mol. The van der Waals surface area contributed by atoms with E-state index in [9.17, 15) is 8.94 Å². The van der Waals surface area contributed by atoms with Crippen LogP contribution in [0.15, 0.2) is 46.5 Å². The highest BCUT2D eigenvalue weighted by atomic mass is 32.2. The van der Waals surface area contributed by atoms with Crippen LogP contribution in [0.3, 0.4) is 0 Å². The highest BCUT2D eigenvalue weighted by molar-refractivity contribution is 7.99. The number of hydrogen-bond acceptors (Lipinski definition) is 8. The minimum atomic E-state index is -1.12. The molecule has 0 spiro atoms. The quantitative estimate of drug-likeness (QED) is 0.333. The molecule has 3 heterocycles. The Hall–Kier alpha value is -2.50. The lowest BCUT2D eigenvalue weighted by Crippen LogP contribution is -2.60. The summed E-state index contributed by atoms with van der Waals surface area (Å²) in [6.45, 7) is 2.67. The molecule has 1 unspecified atom stereocenters. The molecular formula is C21H24FN7OS2. The largest absolute Gasteiger partial charge is 0.593 e. The molecule has 0 bridgehead atoms. The van der Waals surface area contributed by atoms with E-state index in [1.807, 2.05) is 48.2 Å². The van der Waals surface area contributed by atoms with Crippen molar-refractivity contribution in [1.29, 1.82) is 0 Å². The van der Waals surface area contributed by atoms with Crippen molar-refractivity contribution in [1.82, 2.24) is 20.2 Å². The van der Waals surface area contributed by atoms with E-state index in [-0.39, 0.29) is 5.92 Å². The van der Waals surface area contributed by atoms with Crippen molar-refractivity contribution in [3.63, 3.8) is 0 Å². The van der Waals surface area contributed by atoms with Crippen molar-refractivity contribution < 1.29 is 8.94 Å². The molecular weight excluding hydrogens is 449 g/mol. The van der Waals surface area contributed by atoms with Gasteiger partial charge >= 0.3 is 0 Å². The normalized spacial score (nSPS) is 18.2. The zero-order valence-electron chi connectivity index (χ0n) is 17.8. The Morgan fingerprint density at radius 3 is 2.56 bits per heavy atom. The van der Waals surface area contributed by atoms with Crippen molar-refractivity contribution in [3.8, 4) is 0 Å². The molecule has 0 amide bonds. The first kappa shape index (κ1) is 21.4. The third-order valence-electron chi connectivity index (χ3n) is 5.52. The van der Waals surface area contributed by atoms with Crippen LogP contribution in [0.2, 0.25) is 0 Å². The molecule has 8 nitrogen and oxygen atoms in total. The zero-order valence-corrected chi connectivity index (χ0v) is 19.4. The number of nitrogens with zero attached hydrogens (tertiary/aromatic N) is 4. The average molecular weight is 474 g/mol. The molecule has 168 valence electrons. The molecule has 2 aliphatic rings. The van der Waals surface area contributed by atoms with Crippen LogP contribution in [0, 0.1) is 12.8 Å². The molecule has 32 heavy (non-hydrogen) atoms. The Morgan fingerprint density at radius 1 is 1.19 bits per heavy atom. The Morgan fingerprint density at radius 2 is 1.94 bits per heavy atom. The first-order valence-electron chi connectivity index (χ1n) is 10.4. The predicted octanol–water partition coefficient (Wildman–Crippen LogP) is 4.05. The zero-order chi connectivity index (χ0) is 22.3. The average Bonchev–Trinajstić information content (AvgIpc) is 3.50. The number of anilines is 4. The van der Waals surface area contributed by atoms with Gasteiger partial charge < -0.3 is 14.8 Å². The van der Waals surface area contributed by atoms with E-state index in [1.54, 1.807) is 6.26 Å². The molecule has 3 N–H and O–H groups in total. The number of aromatic amines is 1. The fourth-order valence-corrected chi connectivity index (χ4v) is 5.00. The highest BCUT2D eigenvalue weighted by Gasteiger charge is 2.54. The molecule has 1 saturated carbocycles. The summed E-state index contributed by atoms with van der Waals surface area (Å²) < 4.78 is 29.1. The van der Waals surface area contributed by atoms with Crippen molar-refractivity contribution in [3.05, 3.63) is 42.1 Å². The second-order valence-electron chi connectivity index (χ2n) is 8.30. The summed E-state index contributed by atoms with van der Waals surface area (Å²) in [5, 5.41) is 10.9. The number of rotatable bonds is 8. The van der Waals surface area contributed by atoms with E-state index in [0.29, 0.717) is 35.7 Å². The highest BCUT2D eigenvalue weighted by Crippen LogP contribution is 2.48. The van der Waals surface area contributed by atoms with Gasteiger partial charge in [0.15, 0.2) is 11.0 Å². The number of alkyl halides is 1. The number of aryl methyl sites for hydroxylation is 1. The number of benzene rings is 1. The topological polar surface area (TPSA) is 105 Å².